The van der Waals surface area contributed by atoms with Gasteiger partial charge >= 0.3 is 0 Å². The first-order valence-electron chi connectivity index (χ1n) is 8.00. The number of amides is 1. The third-order valence-corrected chi connectivity index (χ3v) is 5.61. The SMILES string of the molecule is CCC(C)NC(=O)c1cc2c(C)nn(Cc3ccccc3Cl)c2s1. The van der Waals surface area contributed by atoms with Gasteiger partial charge in [0, 0.05) is 16.5 Å². The molecule has 2 aromatic heterocycles. The molecule has 0 radical (unpaired) electrons. The van der Waals surface area contributed by atoms with E-state index >= 15 is 0 Å². The lowest BCUT2D eigenvalue weighted by molar-refractivity contribution is 0.0943. The highest BCUT2D eigenvalue weighted by Gasteiger charge is 2.17. The highest BCUT2D eigenvalue weighted by molar-refractivity contribution is 7.20. The summed E-state index contributed by atoms with van der Waals surface area (Å²) >= 11 is 7.73. The number of rotatable bonds is 5. The van der Waals surface area contributed by atoms with Gasteiger partial charge in [-0.05, 0) is 38.0 Å². The maximum atomic E-state index is 12.4. The summed E-state index contributed by atoms with van der Waals surface area (Å²) in [5.74, 6) is -0.0192. The minimum Gasteiger partial charge on any atom is -0.349 e. The monoisotopic (exact) mass is 361 g/mol. The van der Waals surface area contributed by atoms with Crippen LogP contribution in [0.4, 0.5) is 0 Å². The Morgan fingerprint density at radius 1 is 1.42 bits per heavy atom. The average molecular weight is 362 g/mol. The van der Waals surface area contributed by atoms with Crippen molar-refractivity contribution in [3.05, 3.63) is 51.5 Å². The van der Waals surface area contributed by atoms with Crippen LogP contribution in [0.15, 0.2) is 30.3 Å². The number of benzene rings is 1. The Hall–Kier alpha value is -1.85. The fourth-order valence-electron chi connectivity index (χ4n) is 2.52. The molecule has 0 fully saturated rings. The van der Waals surface area contributed by atoms with Crippen molar-refractivity contribution in [2.24, 2.45) is 0 Å². The van der Waals surface area contributed by atoms with Crippen LogP contribution in [-0.2, 0) is 6.54 Å². The molecule has 2 heterocycles. The second kappa shape index (κ2) is 6.95. The van der Waals surface area contributed by atoms with Gasteiger partial charge in [-0.3, -0.25) is 9.48 Å². The predicted octanol–water partition coefficient (Wildman–Crippen LogP) is 4.64. The third-order valence-electron chi connectivity index (χ3n) is 4.10. The maximum absolute atomic E-state index is 12.4. The first kappa shape index (κ1) is 17.0. The predicted molar refractivity (Wildman–Crippen MR) is 100 cm³/mol. The molecule has 0 saturated carbocycles. The van der Waals surface area contributed by atoms with Crippen LogP contribution in [0.3, 0.4) is 0 Å². The zero-order valence-corrected chi connectivity index (χ0v) is 15.5. The quantitative estimate of drug-likeness (QED) is 0.719. The largest absolute Gasteiger partial charge is 0.349 e. The Balaban J connectivity index is 1.93. The Bertz CT molecular complexity index is 884. The van der Waals surface area contributed by atoms with Crippen molar-refractivity contribution < 1.29 is 4.79 Å². The molecular formula is C18H20ClN3OS. The normalized spacial score (nSPS) is 12.5. The Kier molecular flexibility index (Phi) is 4.92. The van der Waals surface area contributed by atoms with Crippen molar-refractivity contribution >= 4 is 39.1 Å². The molecule has 1 amide bonds. The van der Waals surface area contributed by atoms with Gasteiger partial charge in [-0.15, -0.1) is 11.3 Å². The molecule has 4 nitrogen and oxygen atoms in total. The number of halogens is 1. The molecule has 3 aromatic rings. The number of thiophene rings is 1. The van der Waals surface area contributed by atoms with Gasteiger partial charge in [0.05, 0.1) is 17.1 Å². The zero-order chi connectivity index (χ0) is 17.3. The molecule has 0 saturated heterocycles. The molecule has 1 atom stereocenters. The van der Waals surface area contributed by atoms with Crippen LogP contribution in [0.25, 0.3) is 10.2 Å². The minimum absolute atomic E-state index is 0.0192. The highest BCUT2D eigenvalue weighted by atomic mass is 35.5. The van der Waals surface area contributed by atoms with E-state index in [4.69, 9.17) is 11.6 Å². The van der Waals surface area contributed by atoms with Crippen LogP contribution < -0.4 is 5.32 Å². The fourth-order valence-corrected chi connectivity index (χ4v) is 3.78. The van der Waals surface area contributed by atoms with Crippen LogP contribution >= 0.6 is 22.9 Å². The van der Waals surface area contributed by atoms with Gasteiger partial charge in [0.2, 0.25) is 0 Å². The number of carbonyl (C=O) groups excluding carboxylic acids is 1. The summed E-state index contributed by atoms with van der Waals surface area (Å²) in [4.78, 5) is 14.1. The highest BCUT2D eigenvalue weighted by Crippen LogP contribution is 2.29. The summed E-state index contributed by atoms with van der Waals surface area (Å²) in [6.45, 7) is 6.63. The maximum Gasteiger partial charge on any atom is 0.261 e. The summed E-state index contributed by atoms with van der Waals surface area (Å²) < 4.78 is 1.93. The third kappa shape index (κ3) is 3.32. The molecule has 3 rings (SSSR count). The van der Waals surface area contributed by atoms with Crippen molar-refractivity contribution in [3.63, 3.8) is 0 Å². The van der Waals surface area contributed by atoms with E-state index in [0.717, 1.165) is 37.8 Å². The Labute approximate surface area is 150 Å². The molecule has 0 spiro atoms. The molecular weight excluding hydrogens is 342 g/mol. The number of carbonyl (C=O) groups is 1. The lowest BCUT2D eigenvalue weighted by Gasteiger charge is -2.09. The van der Waals surface area contributed by atoms with E-state index in [1.54, 1.807) is 0 Å². The first-order chi connectivity index (χ1) is 11.5. The smallest absolute Gasteiger partial charge is 0.261 e. The first-order valence-corrected chi connectivity index (χ1v) is 9.20. The van der Waals surface area contributed by atoms with E-state index in [-0.39, 0.29) is 11.9 Å². The van der Waals surface area contributed by atoms with Crippen molar-refractivity contribution in [2.45, 2.75) is 39.8 Å². The van der Waals surface area contributed by atoms with Gasteiger partial charge in [0.1, 0.15) is 4.83 Å². The summed E-state index contributed by atoms with van der Waals surface area (Å²) in [5, 5.41) is 9.37. The number of nitrogens with one attached hydrogen (secondary N) is 1. The zero-order valence-electron chi connectivity index (χ0n) is 14.0. The number of aryl methyl sites for hydroxylation is 1. The van der Waals surface area contributed by atoms with Crippen molar-refractivity contribution in [1.82, 2.24) is 15.1 Å². The van der Waals surface area contributed by atoms with Gasteiger partial charge in [-0.2, -0.15) is 5.10 Å². The van der Waals surface area contributed by atoms with E-state index in [0.29, 0.717) is 6.54 Å². The van der Waals surface area contributed by atoms with Gasteiger partial charge in [0.25, 0.3) is 5.91 Å². The van der Waals surface area contributed by atoms with Crippen molar-refractivity contribution in [3.8, 4) is 0 Å². The van der Waals surface area contributed by atoms with E-state index in [2.05, 4.69) is 17.3 Å². The lowest BCUT2D eigenvalue weighted by Crippen LogP contribution is -2.31. The number of hydrogen-bond donors (Lipinski definition) is 1. The Morgan fingerprint density at radius 2 is 2.17 bits per heavy atom. The molecule has 1 N–H and O–H groups in total. The minimum atomic E-state index is -0.0192. The summed E-state index contributed by atoms with van der Waals surface area (Å²) in [5.41, 5.74) is 1.94. The summed E-state index contributed by atoms with van der Waals surface area (Å²) in [7, 11) is 0. The van der Waals surface area contributed by atoms with Crippen LogP contribution in [0.5, 0.6) is 0 Å². The summed E-state index contributed by atoms with van der Waals surface area (Å²) in [6.07, 6.45) is 0.913. The molecule has 0 aliphatic heterocycles. The number of nitrogens with zero attached hydrogens (tertiary/aromatic N) is 2. The van der Waals surface area contributed by atoms with E-state index < -0.39 is 0 Å². The molecule has 0 bridgehead atoms. The van der Waals surface area contributed by atoms with Gasteiger partial charge in [0.15, 0.2) is 0 Å². The van der Waals surface area contributed by atoms with Crippen LogP contribution in [0, 0.1) is 6.92 Å². The molecule has 6 heteroatoms. The Morgan fingerprint density at radius 3 is 2.88 bits per heavy atom. The lowest BCUT2D eigenvalue weighted by atomic mass is 10.2. The van der Waals surface area contributed by atoms with Crippen LogP contribution in [0.1, 0.15) is 41.2 Å². The molecule has 1 unspecified atom stereocenters. The number of aromatic nitrogens is 2. The summed E-state index contributed by atoms with van der Waals surface area (Å²) in [6, 6.07) is 9.86. The average Bonchev–Trinajstić information content (AvgIpc) is 3.11. The second-order valence-corrected chi connectivity index (χ2v) is 7.38. The van der Waals surface area contributed by atoms with Gasteiger partial charge in [-0.1, -0.05) is 36.7 Å². The van der Waals surface area contributed by atoms with Gasteiger partial charge in [-0.25, -0.2) is 0 Å². The van der Waals surface area contributed by atoms with E-state index in [9.17, 15) is 4.79 Å². The second-order valence-electron chi connectivity index (χ2n) is 5.95. The molecule has 1 aromatic carbocycles. The number of fused-ring (bicyclic) bond motifs is 1. The van der Waals surface area contributed by atoms with E-state index in [1.807, 2.05) is 48.9 Å². The number of hydrogen-bond acceptors (Lipinski definition) is 3. The van der Waals surface area contributed by atoms with Crippen molar-refractivity contribution in [1.29, 1.82) is 0 Å². The fraction of sp³-hybridized carbons (Fsp3) is 0.333. The molecule has 0 aliphatic carbocycles. The topological polar surface area (TPSA) is 46.9 Å². The van der Waals surface area contributed by atoms with Crippen LogP contribution in [0.2, 0.25) is 5.02 Å². The standard InChI is InChI=1S/C18H20ClN3OS/c1-4-11(2)20-17(23)16-9-14-12(3)21-22(18(14)24-16)10-13-7-5-6-8-15(13)19/h5-9,11H,4,10H2,1-3H3,(H,20,23). The van der Waals surface area contributed by atoms with E-state index in [1.165, 1.54) is 11.3 Å². The van der Waals surface area contributed by atoms with Crippen LogP contribution in [-0.4, -0.2) is 21.7 Å². The van der Waals surface area contributed by atoms with Crippen molar-refractivity contribution in [2.75, 3.05) is 0 Å². The molecule has 24 heavy (non-hydrogen) atoms. The molecule has 126 valence electrons. The molecule has 0 aliphatic rings. The van der Waals surface area contributed by atoms with Gasteiger partial charge < -0.3 is 5.32 Å².